The lowest BCUT2D eigenvalue weighted by atomic mass is 10.2. The zero-order valence-corrected chi connectivity index (χ0v) is 19.2. The first-order valence-corrected chi connectivity index (χ1v) is 11.0. The molecule has 4 rings (SSSR count). The quantitative estimate of drug-likeness (QED) is 0.400. The van der Waals surface area contributed by atoms with E-state index in [1.54, 1.807) is 73.7 Å². The van der Waals surface area contributed by atoms with E-state index in [4.69, 9.17) is 9.47 Å². The number of ether oxygens (including phenoxy) is 2. The zero-order valence-electron chi connectivity index (χ0n) is 19.2. The van der Waals surface area contributed by atoms with E-state index in [-0.39, 0.29) is 5.56 Å². The number of fused-ring (bicyclic) bond motifs is 1. The Kier molecular flexibility index (Phi) is 7.06. The largest absolute Gasteiger partial charge is 0.494 e. The van der Waals surface area contributed by atoms with Gasteiger partial charge in [0.2, 0.25) is 0 Å². The molecule has 1 aromatic heterocycles. The predicted molar refractivity (Wildman–Crippen MR) is 131 cm³/mol. The Morgan fingerprint density at radius 1 is 0.943 bits per heavy atom. The van der Waals surface area contributed by atoms with Gasteiger partial charge in [-0.15, -0.1) is 0 Å². The minimum Gasteiger partial charge on any atom is -0.494 e. The van der Waals surface area contributed by atoms with E-state index in [9.17, 15) is 14.4 Å². The Morgan fingerprint density at radius 3 is 2.34 bits per heavy atom. The number of hydrogen-bond acceptors (Lipinski definition) is 6. The van der Waals surface area contributed by atoms with Crippen molar-refractivity contribution in [3.63, 3.8) is 0 Å². The van der Waals surface area contributed by atoms with E-state index in [1.807, 2.05) is 13.0 Å². The highest BCUT2D eigenvalue weighted by atomic mass is 16.5. The molecule has 0 bridgehead atoms. The summed E-state index contributed by atoms with van der Waals surface area (Å²) in [6.45, 7) is 4.02. The highest BCUT2D eigenvalue weighted by molar-refractivity contribution is 5.96. The number of nitrogens with one attached hydrogen (secondary N) is 2. The first-order valence-electron chi connectivity index (χ1n) is 11.0. The van der Waals surface area contributed by atoms with Gasteiger partial charge in [-0.1, -0.05) is 12.1 Å². The molecule has 1 atom stereocenters. The SMILES string of the molecule is CCOc1ccc(O[C@@H](C)C(=O)NNC(=O)c2ccc(-n3cnc4ccccc4c3=O)cc2)cc1. The second kappa shape index (κ2) is 10.5. The lowest BCUT2D eigenvalue weighted by Gasteiger charge is -2.15. The molecule has 178 valence electrons. The molecule has 4 aromatic rings. The maximum Gasteiger partial charge on any atom is 0.279 e. The lowest BCUT2D eigenvalue weighted by molar-refractivity contribution is -0.128. The number of amides is 2. The number of aromatic nitrogens is 2. The number of carbonyl (C=O) groups is 2. The van der Waals surface area contributed by atoms with Gasteiger partial charge in [-0.25, -0.2) is 4.98 Å². The molecule has 2 N–H and O–H groups in total. The van der Waals surface area contributed by atoms with Crippen LogP contribution in [0.1, 0.15) is 24.2 Å². The average molecular weight is 473 g/mol. The first-order chi connectivity index (χ1) is 17.0. The Bertz CT molecular complexity index is 1400. The third-order valence-electron chi connectivity index (χ3n) is 5.19. The molecular formula is C26H24N4O5. The number of hydrogen-bond donors (Lipinski definition) is 2. The van der Waals surface area contributed by atoms with Gasteiger partial charge >= 0.3 is 0 Å². The summed E-state index contributed by atoms with van der Waals surface area (Å²) >= 11 is 0. The zero-order chi connectivity index (χ0) is 24.8. The second-order valence-corrected chi connectivity index (χ2v) is 7.59. The summed E-state index contributed by atoms with van der Waals surface area (Å²) < 4.78 is 12.4. The number of carbonyl (C=O) groups excluding carboxylic acids is 2. The van der Waals surface area contributed by atoms with Crippen LogP contribution in [0.5, 0.6) is 11.5 Å². The molecule has 0 aliphatic rings. The van der Waals surface area contributed by atoms with Crippen molar-refractivity contribution in [3.8, 4) is 17.2 Å². The van der Waals surface area contributed by atoms with Gasteiger partial charge in [-0.3, -0.25) is 29.8 Å². The summed E-state index contributed by atoms with van der Waals surface area (Å²) in [5.41, 5.74) is 5.99. The van der Waals surface area contributed by atoms with E-state index in [0.717, 1.165) is 0 Å². The summed E-state index contributed by atoms with van der Waals surface area (Å²) in [7, 11) is 0. The molecule has 0 aliphatic heterocycles. The van der Waals surface area contributed by atoms with Gasteiger partial charge in [-0.2, -0.15) is 0 Å². The summed E-state index contributed by atoms with van der Waals surface area (Å²) in [4.78, 5) is 41.8. The van der Waals surface area contributed by atoms with Crippen LogP contribution in [0.3, 0.4) is 0 Å². The van der Waals surface area contributed by atoms with E-state index in [0.29, 0.717) is 40.3 Å². The van der Waals surface area contributed by atoms with Crippen LogP contribution in [0.2, 0.25) is 0 Å². The fourth-order valence-corrected chi connectivity index (χ4v) is 3.36. The third-order valence-corrected chi connectivity index (χ3v) is 5.19. The van der Waals surface area contributed by atoms with Crippen LogP contribution in [0.4, 0.5) is 0 Å². The Balaban J connectivity index is 1.35. The van der Waals surface area contributed by atoms with E-state index < -0.39 is 17.9 Å². The van der Waals surface area contributed by atoms with Crippen molar-refractivity contribution in [1.29, 1.82) is 0 Å². The van der Waals surface area contributed by atoms with Gasteiger partial charge < -0.3 is 9.47 Å². The summed E-state index contributed by atoms with van der Waals surface area (Å²) in [5.74, 6) is 0.174. The van der Waals surface area contributed by atoms with Gasteiger partial charge in [0.1, 0.15) is 17.8 Å². The van der Waals surface area contributed by atoms with E-state index in [2.05, 4.69) is 15.8 Å². The first kappa shape index (κ1) is 23.5. The minimum atomic E-state index is -0.845. The highest BCUT2D eigenvalue weighted by Crippen LogP contribution is 2.18. The number of para-hydroxylation sites is 1. The van der Waals surface area contributed by atoms with Crippen LogP contribution in [0.25, 0.3) is 16.6 Å². The van der Waals surface area contributed by atoms with Crippen LogP contribution >= 0.6 is 0 Å². The van der Waals surface area contributed by atoms with Crippen molar-refractivity contribution in [2.75, 3.05) is 6.61 Å². The number of hydrazine groups is 1. The van der Waals surface area contributed by atoms with Crippen molar-refractivity contribution < 1.29 is 19.1 Å². The highest BCUT2D eigenvalue weighted by Gasteiger charge is 2.16. The van der Waals surface area contributed by atoms with Crippen LogP contribution in [-0.4, -0.2) is 34.1 Å². The molecule has 0 radical (unpaired) electrons. The normalized spacial score (nSPS) is 11.5. The molecule has 3 aromatic carbocycles. The van der Waals surface area contributed by atoms with Crippen LogP contribution < -0.4 is 25.9 Å². The maximum atomic E-state index is 12.7. The Morgan fingerprint density at radius 2 is 1.63 bits per heavy atom. The van der Waals surface area contributed by atoms with Crippen LogP contribution in [0.15, 0.2) is 83.9 Å². The third kappa shape index (κ3) is 5.47. The Labute approximate surface area is 201 Å². The summed E-state index contributed by atoms with van der Waals surface area (Å²) in [6.07, 6.45) is 0.606. The molecule has 0 saturated heterocycles. The van der Waals surface area contributed by atoms with Crippen molar-refractivity contribution in [2.24, 2.45) is 0 Å². The summed E-state index contributed by atoms with van der Waals surface area (Å²) in [6, 6.07) is 20.3. The fraction of sp³-hybridized carbons (Fsp3) is 0.154. The Hall–Kier alpha value is -4.66. The fourth-order valence-electron chi connectivity index (χ4n) is 3.36. The summed E-state index contributed by atoms with van der Waals surface area (Å²) in [5, 5.41) is 0.501. The molecule has 2 amide bonds. The van der Waals surface area contributed by atoms with Crippen molar-refractivity contribution in [3.05, 3.63) is 95.0 Å². The topological polar surface area (TPSA) is 112 Å². The molecule has 35 heavy (non-hydrogen) atoms. The van der Waals surface area contributed by atoms with Gasteiger partial charge in [0.15, 0.2) is 6.10 Å². The molecule has 0 unspecified atom stereocenters. The van der Waals surface area contributed by atoms with Crippen molar-refractivity contribution in [1.82, 2.24) is 20.4 Å². The van der Waals surface area contributed by atoms with Gasteiger partial charge in [0, 0.05) is 5.56 Å². The van der Waals surface area contributed by atoms with E-state index >= 15 is 0 Å². The number of benzene rings is 3. The smallest absolute Gasteiger partial charge is 0.279 e. The van der Waals surface area contributed by atoms with Crippen molar-refractivity contribution in [2.45, 2.75) is 20.0 Å². The molecule has 0 fully saturated rings. The minimum absolute atomic E-state index is 0.207. The molecule has 0 spiro atoms. The monoisotopic (exact) mass is 472 g/mol. The molecule has 9 nitrogen and oxygen atoms in total. The van der Waals surface area contributed by atoms with Gasteiger partial charge in [-0.05, 0) is 74.5 Å². The molecule has 0 saturated carbocycles. The molecular weight excluding hydrogens is 448 g/mol. The standard InChI is InChI=1S/C26H24N4O5/c1-3-34-20-12-14-21(15-13-20)35-17(2)24(31)28-29-25(32)18-8-10-19(11-9-18)30-16-27-23-7-5-4-6-22(23)26(30)33/h4-17H,3H2,1-2H3,(H,28,31)(H,29,32)/t17-/m0/s1. The predicted octanol–water partition coefficient (Wildman–Crippen LogP) is 3.01. The van der Waals surface area contributed by atoms with Gasteiger partial charge in [0.25, 0.3) is 17.4 Å². The maximum absolute atomic E-state index is 12.7. The van der Waals surface area contributed by atoms with E-state index in [1.165, 1.54) is 10.9 Å². The molecule has 1 heterocycles. The number of nitrogens with zero attached hydrogens (tertiary/aromatic N) is 2. The van der Waals surface area contributed by atoms with Gasteiger partial charge in [0.05, 0.1) is 23.2 Å². The lowest BCUT2D eigenvalue weighted by Crippen LogP contribution is -2.47. The molecule has 0 aliphatic carbocycles. The second-order valence-electron chi connectivity index (χ2n) is 7.59. The van der Waals surface area contributed by atoms with Crippen LogP contribution in [-0.2, 0) is 4.79 Å². The van der Waals surface area contributed by atoms with Crippen molar-refractivity contribution >= 4 is 22.7 Å². The molecule has 9 heteroatoms. The average Bonchev–Trinajstić information content (AvgIpc) is 2.89. The number of rotatable bonds is 7. The van der Waals surface area contributed by atoms with Crippen LogP contribution in [0, 0.1) is 0 Å².